The lowest BCUT2D eigenvalue weighted by Crippen LogP contribution is -2.45. The van der Waals surface area contributed by atoms with Crippen molar-refractivity contribution in [2.75, 3.05) is 12.3 Å². The van der Waals surface area contributed by atoms with Crippen LogP contribution in [0.4, 0.5) is 5.69 Å². The molecule has 84 valence electrons. The Morgan fingerprint density at radius 2 is 2.00 bits per heavy atom. The molecular formula is C13H16N2O. The largest absolute Gasteiger partial charge is 0.399 e. The van der Waals surface area contributed by atoms with Crippen molar-refractivity contribution in [1.29, 1.82) is 0 Å². The van der Waals surface area contributed by atoms with Crippen LogP contribution in [0.15, 0.2) is 18.2 Å². The highest BCUT2D eigenvalue weighted by Gasteiger charge is 2.41. The lowest BCUT2D eigenvalue weighted by molar-refractivity contribution is 0.0925. The van der Waals surface area contributed by atoms with Crippen molar-refractivity contribution in [3.05, 3.63) is 29.3 Å². The molecule has 1 fully saturated rings. The average molecular weight is 216 g/mol. The van der Waals surface area contributed by atoms with E-state index in [1.54, 1.807) is 0 Å². The predicted octanol–water partition coefficient (Wildman–Crippen LogP) is 1.82. The van der Waals surface area contributed by atoms with Crippen LogP contribution < -0.4 is 11.1 Å². The third kappa shape index (κ3) is 1.24. The normalized spacial score (nSPS) is 21.9. The molecule has 3 heteroatoms. The molecule has 0 saturated heterocycles. The van der Waals surface area contributed by atoms with Gasteiger partial charge in [-0.25, -0.2) is 0 Å². The summed E-state index contributed by atoms with van der Waals surface area (Å²) in [5, 5.41) is 3.00. The minimum absolute atomic E-state index is 0.0276. The lowest BCUT2D eigenvalue weighted by Gasteiger charge is -2.35. The van der Waals surface area contributed by atoms with Gasteiger partial charge in [-0.1, -0.05) is 18.9 Å². The van der Waals surface area contributed by atoms with Crippen LogP contribution in [0.3, 0.4) is 0 Å². The van der Waals surface area contributed by atoms with Gasteiger partial charge in [0.25, 0.3) is 5.91 Å². The number of hydrogen-bond donors (Lipinski definition) is 2. The highest BCUT2D eigenvalue weighted by Crippen LogP contribution is 2.44. The van der Waals surface area contributed by atoms with E-state index >= 15 is 0 Å². The van der Waals surface area contributed by atoms with Gasteiger partial charge in [0.05, 0.1) is 0 Å². The summed E-state index contributed by atoms with van der Waals surface area (Å²) in [6.45, 7) is 0.794. The molecule has 0 unspecified atom stereocenters. The molecule has 16 heavy (non-hydrogen) atoms. The second-order valence-corrected chi connectivity index (χ2v) is 4.98. The summed E-state index contributed by atoms with van der Waals surface area (Å²) >= 11 is 0. The van der Waals surface area contributed by atoms with Gasteiger partial charge in [-0.2, -0.15) is 0 Å². The first-order valence-corrected chi connectivity index (χ1v) is 5.90. The number of fused-ring (bicyclic) bond motifs is 2. The third-order valence-electron chi connectivity index (χ3n) is 4.01. The molecule has 1 amide bonds. The first kappa shape index (κ1) is 9.70. The average Bonchev–Trinajstić information content (AvgIpc) is 2.74. The van der Waals surface area contributed by atoms with Crippen LogP contribution in [0.25, 0.3) is 0 Å². The van der Waals surface area contributed by atoms with Crippen LogP contribution in [0, 0.1) is 0 Å². The molecular weight excluding hydrogens is 200 g/mol. The van der Waals surface area contributed by atoms with E-state index in [2.05, 4.69) is 11.4 Å². The van der Waals surface area contributed by atoms with Gasteiger partial charge in [-0.05, 0) is 30.5 Å². The monoisotopic (exact) mass is 216 g/mol. The van der Waals surface area contributed by atoms with Crippen LogP contribution in [0.2, 0.25) is 0 Å². The molecule has 1 aliphatic carbocycles. The van der Waals surface area contributed by atoms with Crippen molar-refractivity contribution < 1.29 is 4.79 Å². The van der Waals surface area contributed by atoms with E-state index in [4.69, 9.17) is 5.73 Å². The van der Waals surface area contributed by atoms with Gasteiger partial charge >= 0.3 is 0 Å². The van der Waals surface area contributed by atoms with E-state index < -0.39 is 0 Å². The van der Waals surface area contributed by atoms with Gasteiger partial charge in [0.15, 0.2) is 0 Å². The zero-order chi connectivity index (χ0) is 11.2. The molecule has 3 nitrogen and oxygen atoms in total. The Morgan fingerprint density at radius 3 is 2.75 bits per heavy atom. The second-order valence-electron chi connectivity index (χ2n) is 4.98. The van der Waals surface area contributed by atoms with Crippen LogP contribution >= 0.6 is 0 Å². The fourth-order valence-corrected chi connectivity index (χ4v) is 3.15. The summed E-state index contributed by atoms with van der Waals surface area (Å²) < 4.78 is 0. The van der Waals surface area contributed by atoms with Gasteiger partial charge < -0.3 is 11.1 Å². The van der Waals surface area contributed by atoms with E-state index in [0.717, 1.165) is 12.1 Å². The van der Waals surface area contributed by atoms with Crippen molar-refractivity contribution in [3.63, 3.8) is 0 Å². The number of nitrogens with one attached hydrogen (secondary N) is 1. The molecule has 1 aliphatic heterocycles. The number of benzene rings is 1. The molecule has 1 aromatic carbocycles. The standard InChI is InChI=1S/C13H16N2O/c14-9-3-4-11-10(7-9)12(16)15-8-13(11)5-1-2-6-13/h3-4,7H,1-2,5-6,8,14H2,(H,15,16). The molecule has 0 radical (unpaired) electrons. The van der Waals surface area contributed by atoms with E-state index in [0.29, 0.717) is 5.69 Å². The summed E-state index contributed by atoms with van der Waals surface area (Å²) in [4.78, 5) is 11.8. The Kier molecular flexibility index (Phi) is 1.96. The van der Waals surface area contributed by atoms with Gasteiger partial charge in [-0.3, -0.25) is 4.79 Å². The molecule has 3 rings (SSSR count). The Labute approximate surface area is 95.0 Å². The summed E-state index contributed by atoms with van der Waals surface area (Å²) in [6, 6.07) is 5.77. The summed E-state index contributed by atoms with van der Waals surface area (Å²) in [5.41, 5.74) is 8.61. The molecule has 0 aromatic heterocycles. The van der Waals surface area contributed by atoms with Crippen molar-refractivity contribution in [1.82, 2.24) is 5.32 Å². The van der Waals surface area contributed by atoms with Crippen molar-refractivity contribution in [3.8, 4) is 0 Å². The molecule has 1 saturated carbocycles. The maximum Gasteiger partial charge on any atom is 0.251 e. The second kappa shape index (κ2) is 3.24. The molecule has 0 bridgehead atoms. The first-order valence-electron chi connectivity index (χ1n) is 5.90. The van der Waals surface area contributed by atoms with E-state index in [1.807, 2.05) is 12.1 Å². The highest BCUT2D eigenvalue weighted by atomic mass is 16.1. The number of carbonyl (C=O) groups excluding carboxylic acids is 1. The molecule has 0 atom stereocenters. The van der Waals surface area contributed by atoms with Gasteiger partial charge in [0.1, 0.15) is 0 Å². The summed E-state index contributed by atoms with van der Waals surface area (Å²) in [6.07, 6.45) is 4.90. The van der Waals surface area contributed by atoms with Crippen LogP contribution in [0.5, 0.6) is 0 Å². The minimum atomic E-state index is 0.0276. The maximum absolute atomic E-state index is 11.8. The topological polar surface area (TPSA) is 55.1 Å². The van der Waals surface area contributed by atoms with Gasteiger partial charge in [0, 0.05) is 23.2 Å². The number of hydrogen-bond acceptors (Lipinski definition) is 2. The minimum Gasteiger partial charge on any atom is -0.399 e. The SMILES string of the molecule is Nc1ccc2c(c1)C(=O)NCC21CCCC1. The predicted molar refractivity (Wildman–Crippen MR) is 63.3 cm³/mol. The third-order valence-corrected chi connectivity index (χ3v) is 4.01. The molecule has 3 N–H and O–H groups in total. The quantitative estimate of drug-likeness (QED) is 0.650. The number of carbonyl (C=O) groups is 1. The number of nitrogen functional groups attached to an aromatic ring is 1. The van der Waals surface area contributed by atoms with Gasteiger partial charge in [0.2, 0.25) is 0 Å². The lowest BCUT2D eigenvalue weighted by atomic mass is 9.74. The van der Waals surface area contributed by atoms with Crippen molar-refractivity contribution in [2.24, 2.45) is 0 Å². The van der Waals surface area contributed by atoms with Crippen molar-refractivity contribution in [2.45, 2.75) is 31.1 Å². The highest BCUT2D eigenvalue weighted by molar-refractivity contribution is 5.98. The fourth-order valence-electron chi connectivity index (χ4n) is 3.15. The van der Waals surface area contributed by atoms with Crippen LogP contribution in [-0.4, -0.2) is 12.5 Å². The zero-order valence-corrected chi connectivity index (χ0v) is 9.25. The van der Waals surface area contributed by atoms with Crippen molar-refractivity contribution >= 4 is 11.6 Å². The Morgan fingerprint density at radius 1 is 1.25 bits per heavy atom. The van der Waals surface area contributed by atoms with E-state index in [-0.39, 0.29) is 11.3 Å². The smallest absolute Gasteiger partial charge is 0.251 e. The fraction of sp³-hybridized carbons (Fsp3) is 0.462. The van der Waals surface area contributed by atoms with Crippen LogP contribution in [-0.2, 0) is 5.41 Å². The summed E-state index contributed by atoms with van der Waals surface area (Å²) in [7, 11) is 0. The molecule has 1 aromatic rings. The zero-order valence-electron chi connectivity index (χ0n) is 9.25. The van der Waals surface area contributed by atoms with Gasteiger partial charge in [-0.15, -0.1) is 0 Å². The number of rotatable bonds is 0. The van der Waals surface area contributed by atoms with Crippen LogP contribution in [0.1, 0.15) is 41.6 Å². The van der Waals surface area contributed by atoms with E-state index in [1.165, 1.54) is 31.2 Å². The first-order chi connectivity index (χ1) is 7.71. The maximum atomic E-state index is 11.8. The number of nitrogens with two attached hydrogens (primary N) is 1. The summed E-state index contributed by atoms with van der Waals surface area (Å²) in [5.74, 6) is 0.0276. The molecule has 1 heterocycles. The molecule has 1 spiro atoms. The van der Waals surface area contributed by atoms with E-state index in [9.17, 15) is 4.79 Å². The number of amides is 1. The Balaban J connectivity index is 2.16. The Bertz CT molecular complexity index is 447. The number of anilines is 1. The Hall–Kier alpha value is -1.51. The molecule has 2 aliphatic rings.